The van der Waals surface area contributed by atoms with Gasteiger partial charge in [-0.1, -0.05) is 0 Å². The highest BCUT2D eigenvalue weighted by molar-refractivity contribution is 5.81. The third kappa shape index (κ3) is 2.53. The van der Waals surface area contributed by atoms with Gasteiger partial charge in [0.05, 0.1) is 19.8 Å². The fourth-order valence-corrected chi connectivity index (χ4v) is 2.14. The molecular formula is C11H20N2O3. The molecule has 5 heteroatoms. The van der Waals surface area contributed by atoms with Gasteiger partial charge in [-0.2, -0.15) is 0 Å². The third-order valence-corrected chi connectivity index (χ3v) is 3.14. The van der Waals surface area contributed by atoms with Crippen LogP contribution < -0.4 is 5.32 Å². The molecule has 5 nitrogen and oxygen atoms in total. The molecule has 0 spiro atoms. The molecule has 0 aromatic carbocycles. The maximum absolute atomic E-state index is 12.2. The lowest BCUT2D eigenvalue weighted by atomic mass is 10.1. The topological polar surface area (TPSA) is 50.8 Å². The van der Waals surface area contributed by atoms with E-state index in [1.54, 1.807) is 0 Å². The second-order valence-corrected chi connectivity index (χ2v) is 4.58. The monoisotopic (exact) mass is 228 g/mol. The first kappa shape index (κ1) is 11.8. The lowest BCUT2D eigenvalue weighted by Gasteiger charge is -2.39. The summed E-state index contributed by atoms with van der Waals surface area (Å²) in [4.78, 5) is 14.1. The standard InChI is InChI=1S/C11H20N2O3/c1-8-6-13(9(2)5-12-8)11(14)10-7-15-3-4-16-10/h8-10,12H,3-7H2,1-2H3. The van der Waals surface area contributed by atoms with E-state index in [9.17, 15) is 4.79 Å². The van der Waals surface area contributed by atoms with Crippen molar-refractivity contribution in [3.05, 3.63) is 0 Å². The second kappa shape index (κ2) is 5.12. The Balaban J connectivity index is 1.96. The number of carbonyl (C=O) groups is 1. The Morgan fingerprint density at radius 1 is 1.38 bits per heavy atom. The largest absolute Gasteiger partial charge is 0.376 e. The smallest absolute Gasteiger partial charge is 0.254 e. The Labute approximate surface area is 96.1 Å². The van der Waals surface area contributed by atoms with Gasteiger partial charge >= 0.3 is 0 Å². The van der Waals surface area contributed by atoms with Crippen molar-refractivity contribution in [2.45, 2.75) is 32.0 Å². The molecule has 1 N–H and O–H groups in total. The van der Waals surface area contributed by atoms with Gasteiger partial charge < -0.3 is 19.7 Å². The van der Waals surface area contributed by atoms with Crippen molar-refractivity contribution in [1.29, 1.82) is 0 Å². The number of hydrogen-bond donors (Lipinski definition) is 1. The number of amides is 1. The van der Waals surface area contributed by atoms with Crippen molar-refractivity contribution in [2.75, 3.05) is 32.9 Å². The summed E-state index contributed by atoms with van der Waals surface area (Å²) in [6, 6.07) is 0.582. The number of ether oxygens (including phenoxy) is 2. The summed E-state index contributed by atoms with van der Waals surface area (Å²) in [5, 5.41) is 3.35. The highest BCUT2D eigenvalue weighted by Gasteiger charge is 2.33. The fourth-order valence-electron chi connectivity index (χ4n) is 2.14. The Hall–Kier alpha value is -0.650. The van der Waals surface area contributed by atoms with E-state index in [0.29, 0.717) is 25.9 Å². The van der Waals surface area contributed by atoms with E-state index in [0.717, 1.165) is 13.1 Å². The van der Waals surface area contributed by atoms with E-state index in [4.69, 9.17) is 9.47 Å². The van der Waals surface area contributed by atoms with Crippen molar-refractivity contribution in [1.82, 2.24) is 10.2 Å². The van der Waals surface area contributed by atoms with Gasteiger partial charge in [-0.25, -0.2) is 0 Å². The maximum Gasteiger partial charge on any atom is 0.254 e. The molecule has 92 valence electrons. The van der Waals surface area contributed by atoms with Crippen LogP contribution in [0.2, 0.25) is 0 Å². The summed E-state index contributed by atoms with van der Waals surface area (Å²) >= 11 is 0. The van der Waals surface area contributed by atoms with E-state index >= 15 is 0 Å². The minimum absolute atomic E-state index is 0.0700. The zero-order chi connectivity index (χ0) is 11.5. The first-order valence-corrected chi connectivity index (χ1v) is 5.91. The van der Waals surface area contributed by atoms with Gasteiger partial charge in [0.1, 0.15) is 0 Å². The molecule has 3 unspecified atom stereocenters. The van der Waals surface area contributed by atoms with E-state index in [1.807, 2.05) is 4.90 Å². The van der Waals surface area contributed by atoms with Crippen LogP contribution in [-0.4, -0.2) is 61.9 Å². The average molecular weight is 228 g/mol. The Bertz CT molecular complexity index is 254. The molecule has 2 aliphatic rings. The molecule has 2 heterocycles. The molecule has 2 saturated heterocycles. The highest BCUT2D eigenvalue weighted by atomic mass is 16.6. The van der Waals surface area contributed by atoms with Crippen LogP contribution in [0, 0.1) is 0 Å². The highest BCUT2D eigenvalue weighted by Crippen LogP contribution is 2.12. The normalized spacial score (nSPS) is 36.1. The summed E-state index contributed by atoms with van der Waals surface area (Å²) in [6.45, 7) is 7.25. The molecule has 1 amide bonds. The molecule has 0 radical (unpaired) electrons. The van der Waals surface area contributed by atoms with Gasteiger partial charge in [0.2, 0.25) is 0 Å². The van der Waals surface area contributed by atoms with Crippen LogP contribution >= 0.6 is 0 Å². The molecule has 0 aliphatic carbocycles. The molecule has 0 bridgehead atoms. The number of piperazine rings is 1. The SMILES string of the molecule is CC1CN(C(=O)C2COCCO2)C(C)CN1. The van der Waals surface area contributed by atoms with E-state index in [1.165, 1.54) is 0 Å². The summed E-state index contributed by atoms with van der Waals surface area (Å²) in [5.41, 5.74) is 0. The molecule has 16 heavy (non-hydrogen) atoms. The molecular weight excluding hydrogens is 208 g/mol. The predicted octanol–water partition coefficient (Wildman–Crippen LogP) is -0.389. The summed E-state index contributed by atoms with van der Waals surface area (Å²) in [6.07, 6.45) is -0.401. The van der Waals surface area contributed by atoms with Gasteiger partial charge in [0.15, 0.2) is 6.10 Å². The van der Waals surface area contributed by atoms with Crippen molar-refractivity contribution in [2.24, 2.45) is 0 Å². The third-order valence-electron chi connectivity index (χ3n) is 3.14. The average Bonchev–Trinajstić information content (AvgIpc) is 2.32. The van der Waals surface area contributed by atoms with Gasteiger partial charge in [-0.3, -0.25) is 4.79 Å². The number of nitrogens with one attached hydrogen (secondary N) is 1. The number of rotatable bonds is 1. The number of hydrogen-bond acceptors (Lipinski definition) is 4. The van der Waals surface area contributed by atoms with Crippen molar-refractivity contribution < 1.29 is 14.3 Å². The molecule has 2 aliphatic heterocycles. The molecule has 3 atom stereocenters. The minimum Gasteiger partial charge on any atom is -0.376 e. The van der Waals surface area contributed by atoms with Crippen LogP contribution in [0.1, 0.15) is 13.8 Å². The van der Waals surface area contributed by atoms with Crippen LogP contribution in [0.25, 0.3) is 0 Å². The summed E-state index contributed by atoms with van der Waals surface area (Å²) in [7, 11) is 0. The van der Waals surface area contributed by atoms with Gasteiger partial charge in [0, 0.05) is 25.2 Å². The van der Waals surface area contributed by atoms with Gasteiger partial charge in [-0.05, 0) is 13.8 Å². The Morgan fingerprint density at radius 2 is 2.19 bits per heavy atom. The zero-order valence-corrected chi connectivity index (χ0v) is 9.94. The Kier molecular flexibility index (Phi) is 3.78. The number of carbonyl (C=O) groups excluding carboxylic acids is 1. The van der Waals surface area contributed by atoms with E-state index < -0.39 is 6.10 Å². The van der Waals surface area contributed by atoms with Gasteiger partial charge in [0.25, 0.3) is 5.91 Å². The summed E-state index contributed by atoms with van der Waals surface area (Å²) < 4.78 is 10.7. The lowest BCUT2D eigenvalue weighted by molar-refractivity contribution is -0.161. The molecule has 2 rings (SSSR count). The van der Waals surface area contributed by atoms with Crippen LogP contribution in [-0.2, 0) is 14.3 Å². The lowest BCUT2D eigenvalue weighted by Crippen LogP contribution is -2.59. The van der Waals surface area contributed by atoms with E-state index in [2.05, 4.69) is 19.2 Å². The first-order valence-electron chi connectivity index (χ1n) is 5.91. The van der Waals surface area contributed by atoms with Crippen LogP contribution in [0.3, 0.4) is 0 Å². The quantitative estimate of drug-likeness (QED) is 0.664. The zero-order valence-electron chi connectivity index (χ0n) is 9.94. The van der Waals surface area contributed by atoms with E-state index in [-0.39, 0.29) is 11.9 Å². The van der Waals surface area contributed by atoms with Crippen LogP contribution in [0.4, 0.5) is 0 Å². The first-order chi connectivity index (χ1) is 7.68. The van der Waals surface area contributed by atoms with Crippen molar-refractivity contribution in [3.63, 3.8) is 0 Å². The van der Waals surface area contributed by atoms with Gasteiger partial charge in [-0.15, -0.1) is 0 Å². The second-order valence-electron chi connectivity index (χ2n) is 4.58. The Morgan fingerprint density at radius 3 is 2.88 bits per heavy atom. The van der Waals surface area contributed by atoms with Crippen molar-refractivity contribution >= 4 is 5.91 Å². The predicted molar refractivity (Wildman–Crippen MR) is 59.2 cm³/mol. The van der Waals surface area contributed by atoms with Crippen LogP contribution in [0.15, 0.2) is 0 Å². The number of nitrogens with zero attached hydrogens (tertiary/aromatic N) is 1. The summed E-state index contributed by atoms with van der Waals surface area (Å²) in [5.74, 6) is 0.0700. The molecule has 0 aromatic heterocycles. The molecule has 0 saturated carbocycles. The molecule has 2 fully saturated rings. The fraction of sp³-hybridized carbons (Fsp3) is 0.909. The maximum atomic E-state index is 12.2. The van der Waals surface area contributed by atoms with Crippen LogP contribution in [0.5, 0.6) is 0 Å². The minimum atomic E-state index is -0.401. The van der Waals surface area contributed by atoms with Crippen molar-refractivity contribution in [3.8, 4) is 0 Å². The molecule has 0 aromatic rings.